The molecule has 2 aromatic heterocycles. The van der Waals surface area contributed by atoms with Gasteiger partial charge in [-0.05, 0) is 55.9 Å². The first-order valence-electron chi connectivity index (χ1n) is 14.2. The summed E-state index contributed by atoms with van der Waals surface area (Å²) in [6.07, 6.45) is -1.72. The topological polar surface area (TPSA) is 102 Å². The second kappa shape index (κ2) is 13.3. The molecule has 1 saturated carbocycles. The van der Waals surface area contributed by atoms with Gasteiger partial charge < -0.3 is 19.7 Å². The van der Waals surface area contributed by atoms with Crippen molar-refractivity contribution < 1.29 is 27.8 Å². The van der Waals surface area contributed by atoms with E-state index in [0.29, 0.717) is 35.2 Å². The lowest BCUT2D eigenvalue weighted by molar-refractivity contribution is -0.137. The summed E-state index contributed by atoms with van der Waals surface area (Å²) in [5.41, 5.74) is 1.47. The van der Waals surface area contributed by atoms with Crippen molar-refractivity contribution in [2.24, 2.45) is 5.92 Å². The van der Waals surface area contributed by atoms with Gasteiger partial charge in [-0.2, -0.15) is 13.2 Å². The quantitative estimate of drug-likeness (QED) is 0.199. The Bertz CT molecular complexity index is 1490. The average Bonchev–Trinajstić information content (AvgIpc) is 3.30. The molecular formula is C31H36F3N5O3. The number of nitrogens with one attached hydrogen (secondary N) is 1. The molecular weight excluding hydrogens is 547 g/mol. The molecule has 1 aliphatic rings. The Morgan fingerprint density at radius 3 is 2.26 bits per heavy atom. The highest BCUT2D eigenvalue weighted by atomic mass is 19.4. The highest BCUT2D eigenvalue weighted by Crippen LogP contribution is 2.34. The molecule has 42 heavy (non-hydrogen) atoms. The fourth-order valence-corrected chi connectivity index (χ4v) is 4.84. The Hall–Kier alpha value is -3.99. The van der Waals surface area contributed by atoms with Crippen LogP contribution in [-0.2, 0) is 24.1 Å². The lowest BCUT2D eigenvalue weighted by atomic mass is 9.80. The molecule has 1 aliphatic carbocycles. The van der Waals surface area contributed by atoms with Gasteiger partial charge in [0.05, 0.1) is 12.2 Å². The van der Waals surface area contributed by atoms with Crippen LogP contribution in [0.5, 0.6) is 0 Å². The summed E-state index contributed by atoms with van der Waals surface area (Å²) in [5, 5.41) is 13.1. The van der Waals surface area contributed by atoms with Gasteiger partial charge in [0.25, 0.3) is 0 Å². The van der Waals surface area contributed by atoms with E-state index in [1.807, 2.05) is 58.0 Å². The van der Waals surface area contributed by atoms with Crippen molar-refractivity contribution in [3.63, 3.8) is 0 Å². The Morgan fingerprint density at radius 2 is 1.69 bits per heavy atom. The van der Waals surface area contributed by atoms with Gasteiger partial charge in [0.2, 0.25) is 5.82 Å². The van der Waals surface area contributed by atoms with Crippen LogP contribution in [0.25, 0.3) is 11.2 Å². The number of ether oxygens (including phenoxy) is 1. The molecule has 5 rings (SSSR count). The number of hydrogen-bond donors (Lipinski definition) is 2. The summed E-state index contributed by atoms with van der Waals surface area (Å²) in [6.45, 7) is 8.32. The van der Waals surface area contributed by atoms with Crippen molar-refractivity contribution in [1.82, 2.24) is 19.5 Å². The second-order valence-corrected chi connectivity index (χ2v) is 10.2. The van der Waals surface area contributed by atoms with Gasteiger partial charge in [0, 0.05) is 12.6 Å². The van der Waals surface area contributed by atoms with Crippen LogP contribution in [0.3, 0.4) is 0 Å². The van der Waals surface area contributed by atoms with Crippen LogP contribution in [0.2, 0.25) is 0 Å². The van der Waals surface area contributed by atoms with Gasteiger partial charge >= 0.3 is 12.1 Å². The number of alkyl halides is 3. The second-order valence-electron chi connectivity index (χ2n) is 10.2. The number of carboxylic acid groups (broad SMARTS) is 1. The average molecular weight is 584 g/mol. The summed E-state index contributed by atoms with van der Waals surface area (Å²) in [7, 11) is 0. The van der Waals surface area contributed by atoms with Gasteiger partial charge in [0.1, 0.15) is 17.4 Å². The molecule has 2 heterocycles. The van der Waals surface area contributed by atoms with Crippen LogP contribution < -0.4 is 5.32 Å². The first kappa shape index (κ1) is 31.0. The zero-order valence-corrected chi connectivity index (χ0v) is 24.2. The maximum absolute atomic E-state index is 13.2. The zero-order valence-electron chi connectivity index (χ0n) is 24.2. The largest absolute Gasteiger partial charge is 0.475 e. The summed E-state index contributed by atoms with van der Waals surface area (Å²) >= 11 is 0. The molecule has 0 spiro atoms. The Kier molecular flexibility index (Phi) is 9.82. The minimum atomic E-state index is -4.44. The van der Waals surface area contributed by atoms with Crippen LogP contribution in [0.15, 0.2) is 54.6 Å². The molecule has 0 amide bonds. The Labute approximate surface area is 243 Å². The van der Waals surface area contributed by atoms with Crippen molar-refractivity contribution in [3.05, 3.63) is 82.9 Å². The van der Waals surface area contributed by atoms with Gasteiger partial charge in [-0.25, -0.2) is 19.7 Å². The smallest absolute Gasteiger partial charge is 0.416 e. The zero-order chi connectivity index (χ0) is 30.4. The van der Waals surface area contributed by atoms with Crippen molar-refractivity contribution in [1.29, 1.82) is 0 Å². The van der Waals surface area contributed by atoms with Gasteiger partial charge in [-0.1, -0.05) is 62.7 Å². The first-order valence-corrected chi connectivity index (χ1v) is 14.2. The third-order valence-corrected chi connectivity index (χ3v) is 7.37. The molecule has 4 aromatic rings. The highest BCUT2D eigenvalue weighted by Gasteiger charge is 2.31. The molecule has 8 nitrogen and oxygen atoms in total. The van der Waals surface area contributed by atoms with E-state index in [9.17, 15) is 23.1 Å². The van der Waals surface area contributed by atoms with E-state index in [1.54, 1.807) is 4.57 Å². The van der Waals surface area contributed by atoms with Gasteiger partial charge in [-0.3, -0.25) is 0 Å². The fraction of sp³-hybridized carbons (Fsp3) is 0.419. The molecule has 2 unspecified atom stereocenters. The monoisotopic (exact) mass is 583 g/mol. The van der Waals surface area contributed by atoms with Crippen LogP contribution in [-0.4, -0.2) is 36.6 Å². The number of carboxylic acids is 1. The number of anilines is 1. The molecule has 2 N–H and O–H groups in total. The molecule has 2 aromatic carbocycles. The fourth-order valence-electron chi connectivity index (χ4n) is 4.84. The van der Waals surface area contributed by atoms with E-state index in [-0.39, 0.29) is 24.1 Å². The number of carbonyl (C=O) groups is 1. The maximum Gasteiger partial charge on any atom is 0.416 e. The number of hydrogen-bond acceptors (Lipinski definition) is 6. The molecule has 224 valence electrons. The molecule has 0 radical (unpaired) electrons. The molecule has 2 atom stereocenters. The molecule has 0 saturated heterocycles. The van der Waals surface area contributed by atoms with Crippen LogP contribution in [0.1, 0.15) is 86.2 Å². The number of imidazole rings is 1. The number of benzene rings is 2. The molecule has 1 fully saturated rings. The summed E-state index contributed by atoms with van der Waals surface area (Å²) in [4.78, 5) is 25.1. The number of rotatable bonds is 10. The van der Waals surface area contributed by atoms with E-state index in [4.69, 9.17) is 4.74 Å². The van der Waals surface area contributed by atoms with Crippen LogP contribution in [0.4, 0.5) is 19.0 Å². The summed E-state index contributed by atoms with van der Waals surface area (Å²) in [5.74, 6) is -0.463. The van der Waals surface area contributed by atoms with E-state index < -0.39 is 23.8 Å². The number of aromatic carboxylic acids is 1. The van der Waals surface area contributed by atoms with Crippen LogP contribution >= 0.6 is 0 Å². The van der Waals surface area contributed by atoms with Crippen molar-refractivity contribution in [2.75, 3.05) is 5.32 Å². The predicted molar refractivity (Wildman–Crippen MR) is 154 cm³/mol. The number of nitrogens with zero attached hydrogens (tertiary/aromatic N) is 4. The third kappa shape index (κ3) is 7.07. The number of fused-ring (bicyclic) bond motifs is 1. The number of halogens is 3. The van der Waals surface area contributed by atoms with Gasteiger partial charge in [-0.15, -0.1) is 0 Å². The van der Waals surface area contributed by atoms with Crippen molar-refractivity contribution in [2.45, 2.75) is 78.4 Å². The van der Waals surface area contributed by atoms with Crippen molar-refractivity contribution in [3.8, 4) is 0 Å². The molecule has 0 aliphatic heterocycles. The Balaban J connectivity index is 0.00000198. The minimum Gasteiger partial charge on any atom is -0.475 e. The summed E-state index contributed by atoms with van der Waals surface area (Å²) < 4.78 is 47.4. The maximum atomic E-state index is 13.2. The van der Waals surface area contributed by atoms with E-state index >= 15 is 0 Å². The molecule has 0 bridgehead atoms. The minimum absolute atomic E-state index is 0.0260. The Morgan fingerprint density at radius 1 is 1.02 bits per heavy atom. The summed E-state index contributed by atoms with van der Waals surface area (Å²) in [6, 6.07) is 14.6. The third-order valence-electron chi connectivity index (χ3n) is 7.37. The first-order chi connectivity index (χ1) is 20.1. The predicted octanol–water partition coefficient (Wildman–Crippen LogP) is 7.50. The van der Waals surface area contributed by atoms with Crippen molar-refractivity contribution >= 4 is 23.0 Å². The SMILES string of the molecule is CC.CC(OCc1ccccc1)c1nc2nc(C(=O)O)nc(NC(C)C3CCC3)c2n1Cc1ccc(C(F)(F)F)cc1. The van der Waals surface area contributed by atoms with E-state index in [0.717, 1.165) is 37.0 Å². The lowest BCUT2D eigenvalue weighted by Gasteiger charge is -2.32. The highest BCUT2D eigenvalue weighted by molar-refractivity contribution is 5.90. The van der Waals surface area contributed by atoms with Gasteiger partial charge in [0.15, 0.2) is 11.5 Å². The number of aromatic nitrogens is 4. The van der Waals surface area contributed by atoms with E-state index in [2.05, 4.69) is 20.3 Å². The standard InChI is InChI=1S/C29H30F3N5O3.C2H6/c1-17(21-9-6-10-21)33-24-23-25(35-26(34-24)28(38)39)36-27(18(2)40-16-20-7-4-3-5-8-20)37(23)15-19-11-13-22(14-12-19)29(30,31)32;1-2/h3-5,7-8,11-14,17-18,21H,6,9-10,15-16H2,1-2H3,(H,38,39)(H,33,34,35);1-2H3. The van der Waals surface area contributed by atoms with E-state index in [1.165, 1.54) is 12.1 Å². The normalized spacial score (nSPS) is 14.9. The molecule has 11 heteroatoms. The lowest BCUT2D eigenvalue weighted by Crippen LogP contribution is -2.31. The van der Waals surface area contributed by atoms with Crippen LogP contribution in [0, 0.1) is 5.92 Å².